The summed E-state index contributed by atoms with van der Waals surface area (Å²) in [5.74, 6) is 3.74. The molecule has 0 aliphatic carbocycles. The standard InChI is InChI=1S/C54H36N6Si/c1-7-19-37(20-8-1)49-55-50(38-21-9-2-10-22-38)58-53(57-49)41-31-33-47-45(35-41)46-36-42(32-34-48(46)61(47,43-27-15-5-16-28-43)44-29-17-6-18-30-44)54-59-51(39-23-11-3-12-24-39)56-52(60-54)40-25-13-4-14-26-40/h1-36H. The first-order chi connectivity index (χ1) is 30.2. The molecule has 0 unspecified atom stereocenters. The Morgan fingerprint density at radius 1 is 0.230 bits per heavy atom. The molecule has 286 valence electrons. The Labute approximate surface area is 355 Å². The van der Waals surface area contributed by atoms with Crippen molar-refractivity contribution in [2.45, 2.75) is 0 Å². The maximum absolute atomic E-state index is 5.14. The van der Waals surface area contributed by atoms with Crippen molar-refractivity contribution in [1.82, 2.24) is 29.9 Å². The van der Waals surface area contributed by atoms with E-state index in [0.29, 0.717) is 34.9 Å². The lowest BCUT2D eigenvalue weighted by molar-refractivity contribution is 1.07. The highest BCUT2D eigenvalue weighted by Crippen LogP contribution is 2.35. The zero-order valence-corrected chi connectivity index (χ0v) is 34.0. The van der Waals surface area contributed by atoms with Crippen LogP contribution in [0.4, 0.5) is 0 Å². The SMILES string of the molecule is c1ccc(-c2nc(-c3ccccc3)nc(-c3ccc4c(c3)-c3cc(-c5nc(-c6ccccc6)nc(-c6ccccc6)n5)ccc3[Si]4(c3ccccc3)c3ccccc3)n2)cc1. The molecule has 0 atom stereocenters. The maximum Gasteiger partial charge on any atom is 0.180 e. The van der Waals surface area contributed by atoms with Crippen molar-refractivity contribution >= 4 is 28.8 Å². The quantitative estimate of drug-likeness (QED) is 0.143. The summed E-state index contributed by atoms with van der Waals surface area (Å²) in [5, 5.41) is 5.26. The molecule has 3 heterocycles. The van der Waals surface area contributed by atoms with Gasteiger partial charge in [-0.25, -0.2) is 29.9 Å². The smallest absolute Gasteiger partial charge is 0.180 e. The normalized spacial score (nSPS) is 12.4. The highest BCUT2D eigenvalue weighted by molar-refractivity contribution is 7.22. The number of nitrogens with zero attached hydrogens (tertiary/aromatic N) is 6. The Hall–Kier alpha value is -8.00. The van der Waals surface area contributed by atoms with Gasteiger partial charge in [0.05, 0.1) is 0 Å². The minimum atomic E-state index is -2.83. The van der Waals surface area contributed by atoms with E-state index >= 15 is 0 Å². The lowest BCUT2D eigenvalue weighted by Gasteiger charge is -2.31. The minimum Gasteiger partial charge on any atom is -0.208 e. The predicted molar refractivity (Wildman–Crippen MR) is 248 cm³/mol. The van der Waals surface area contributed by atoms with Gasteiger partial charge in [-0.15, -0.1) is 0 Å². The van der Waals surface area contributed by atoms with E-state index in [0.717, 1.165) is 44.5 Å². The molecule has 10 aromatic rings. The third-order valence-corrected chi connectivity index (χ3v) is 16.4. The second-order valence-electron chi connectivity index (χ2n) is 15.1. The van der Waals surface area contributed by atoms with Crippen LogP contribution < -0.4 is 20.7 Å². The predicted octanol–water partition coefficient (Wildman–Crippen LogP) is 9.42. The van der Waals surface area contributed by atoms with Gasteiger partial charge in [-0.1, -0.05) is 206 Å². The van der Waals surface area contributed by atoms with Crippen LogP contribution in [0.1, 0.15) is 0 Å². The van der Waals surface area contributed by atoms with E-state index in [1.807, 2.05) is 121 Å². The van der Waals surface area contributed by atoms with Crippen LogP contribution in [0.25, 0.3) is 79.5 Å². The molecule has 0 amide bonds. The van der Waals surface area contributed by atoms with Gasteiger partial charge >= 0.3 is 0 Å². The lowest BCUT2D eigenvalue weighted by atomic mass is 10.0. The van der Waals surface area contributed by atoms with Gasteiger partial charge in [-0.05, 0) is 44.0 Å². The van der Waals surface area contributed by atoms with E-state index < -0.39 is 8.07 Å². The van der Waals surface area contributed by atoms with E-state index in [2.05, 4.69) is 97.1 Å². The molecule has 0 fully saturated rings. The first-order valence-corrected chi connectivity index (χ1v) is 22.4. The van der Waals surface area contributed by atoms with Gasteiger partial charge in [-0.3, -0.25) is 0 Å². The third-order valence-electron chi connectivity index (χ3n) is 11.5. The van der Waals surface area contributed by atoms with E-state index in [-0.39, 0.29) is 0 Å². The fourth-order valence-corrected chi connectivity index (χ4v) is 13.8. The Kier molecular flexibility index (Phi) is 9.06. The Morgan fingerprint density at radius 3 is 0.754 bits per heavy atom. The Balaban J connectivity index is 1.16. The van der Waals surface area contributed by atoms with Crippen molar-refractivity contribution in [2.24, 2.45) is 0 Å². The number of hydrogen-bond acceptors (Lipinski definition) is 6. The molecule has 0 saturated carbocycles. The fraction of sp³-hybridized carbons (Fsp3) is 0. The second-order valence-corrected chi connectivity index (χ2v) is 18.8. The summed E-state index contributed by atoms with van der Waals surface area (Å²) >= 11 is 0. The summed E-state index contributed by atoms with van der Waals surface area (Å²) in [5.41, 5.74) is 7.85. The van der Waals surface area contributed by atoms with Crippen LogP contribution in [0.15, 0.2) is 218 Å². The van der Waals surface area contributed by atoms with E-state index in [1.165, 1.54) is 20.7 Å². The summed E-state index contributed by atoms with van der Waals surface area (Å²) in [7, 11) is -2.83. The Bertz CT molecular complexity index is 2840. The first kappa shape index (κ1) is 36.1. The minimum absolute atomic E-state index is 0.615. The number of hydrogen-bond donors (Lipinski definition) is 0. The van der Waals surface area contributed by atoms with E-state index in [9.17, 15) is 0 Å². The van der Waals surface area contributed by atoms with Crippen molar-refractivity contribution in [3.8, 4) is 79.5 Å². The zero-order valence-electron chi connectivity index (χ0n) is 33.0. The lowest BCUT2D eigenvalue weighted by Crippen LogP contribution is -2.72. The molecule has 8 aromatic carbocycles. The fourth-order valence-electron chi connectivity index (χ4n) is 8.65. The molecule has 1 aliphatic heterocycles. The van der Waals surface area contributed by atoms with Crippen LogP contribution in [-0.4, -0.2) is 38.0 Å². The van der Waals surface area contributed by atoms with Crippen LogP contribution in [0, 0.1) is 0 Å². The van der Waals surface area contributed by atoms with Gasteiger partial charge in [0.2, 0.25) is 0 Å². The molecule has 0 N–H and O–H groups in total. The number of fused-ring (bicyclic) bond motifs is 3. The molecule has 0 radical (unpaired) electrons. The molecule has 11 rings (SSSR count). The maximum atomic E-state index is 5.14. The molecule has 1 aliphatic rings. The van der Waals surface area contributed by atoms with Crippen molar-refractivity contribution in [2.75, 3.05) is 0 Å². The van der Waals surface area contributed by atoms with E-state index in [1.54, 1.807) is 0 Å². The molecular weight excluding hydrogens is 761 g/mol. The summed E-state index contributed by atoms with van der Waals surface area (Å²) in [6.45, 7) is 0. The molecule has 0 bridgehead atoms. The summed E-state index contributed by atoms with van der Waals surface area (Å²) in [6.07, 6.45) is 0. The van der Waals surface area contributed by atoms with Crippen LogP contribution in [0.5, 0.6) is 0 Å². The highest BCUT2D eigenvalue weighted by Gasteiger charge is 2.48. The van der Waals surface area contributed by atoms with Crippen molar-refractivity contribution in [3.05, 3.63) is 218 Å². The summed E-state index contributed by atoms with van der Waals surface area (Å²) in [6, 6.07) is 76.2. The molecule has 0 saturated heterocycles. The average Bonchev–Trinajstić information content (AvgIpc) is 3.65. The molecule has 0 spiro atoms. The largest absolute Gasteiger partial charge is 0.208 e. The highest BCUT2D eigenvalue weighted by atomic mass is 28.3. The summed E-state index contributed by atoms with van der Waals surface area (Å²) < 4.78 is 0. The summed E-state index contributed by atoms with van der Waals surface area (Å²) in [4.78, 5) is 30.5. The van der Waals surface area contributed by atoms with Crippen molar-refractivity contribution < 1.29 is 0 Å². The van der Waals surface area contributed by atoms with Gasteiger partial charge in [0.25, 0.3) is 0 Å². The van der Waals surface area contributed by atoms with Crippen LogP contribution in [0.2, 0.25) is 0 Å². The topological polar surface area (TPSA) is 77.3 Å². The molecular formula is C54H36N6Si. The monoisotopic (exact) mass is 796 g/mol. The van der Waals surface area contributed by atoms with Crippen molar-refractivity contribution in [3.63, 3.8) is 0 Å². The second kappa shape index (κ2) is 15.3. The zero-order chi connectivity index (χ0) is 40.6. The number of aromatic nitrogens is 6. The molecule has 2 aromatic heterocycles. The van der Waals surface area contributed by atoms with Gasteiger partial charge in [0.1, 0.15) is 0 Å². The van der Waals surface area contributed by atoms with E-state index in [4.69, 9.17) is 29.9 Å². The van der Waals surface area contributed by atoms with Crippen molar-refractivity contribution in [1.29, 1.82) is 0 Å². The van der Waals surface area contributed by atoms with Crippen LogP contribution in [-0.2, 0) is 0 Å². The number of benzene rings is 8. The van der Waals surface area contributed by atoms with Gasteiger partial charge in [0.15, 0.2) is 43.0 Å². The van der Waals surface area contributed by atoms with Gasteiger partial charge in [-0.2, -0.15) is 0 Å². The van der Waals surface area contributed by atoms with Crippen LogP contribution in [0.3, 0.4) is 0 Å². The Morgan fingerprint density at radius 2 is 0.475 bits per heavy atom. The molecule has 7 heteroatoms. The molecule has 6 nitrogen and oxygen atoms in total. The molecule has 61 heavy (non-hydrogen) atoms. The van der Waals surface area contributed by atoms with Gasteiger partial charge in [0, 0.05) is 33.4 Å². The number of rotatable bonds is 8. The van der Waals surface area contributed by atoms with Crippen LogP contribution >= 0.6 is 0 Å². The third kappa shape index (κ3) is 6.45. The average molecular weight is 797 g/mol. The first-order valence-electron chi connectivity index (χ1n) is 20.4. The van der Waals surface area contributed by atoms with Gasteiger partial charge < -0.3 is 0 Å².